The standard InChI is InChI=1S/C25H27N3O2S/c29-24(19-31-23-11-10-20-6-4-5-7-21(20)18-23)26-13-12-25(30)28-16-14-27(15-17-28)22-8-2-1-3-9-22/h1-11,18H,12-17,19H2,(H,26,29). The summed E-state index contributed by atoms with van der Waals surface area (Å²) in [5.41, 5.74) is 1.20. The number of piperazine rings is 1. The molecule has 1 aliphatic rings. The summed E-state index contributed by atoms with van der Waals surface area (Å²) < 4.78 is 0. The van der Waals surface area contributed by atoms with Gasteiger partial charge in [0.2, 0.25) is 11.8 Å². The van der Waals surface area contributed by atoms with Crippen LogP contribution in [0.25, 0.3) is 10.8 Å². The fraction of sp³-hybridized carbons (Fsp3) is 0.280. The summed E-state index contributed by atoms with van der Waals surface area (Å²) in [6.07, 6.45) is 0.345. The number of thioether (sulfide) groups is 1. The van der Waals surface area contributed by atoms with Gasteiger partial charge < -0.3 is 15.1 Å². The van der Waals surface area contributed by atoms with Gasteiger partial charge in [-0.05, 0) is 35.0 Å². The van der Waals surface area contributed by atoms with Crippen molar-refractivity contribution in [2.24, 2.45) is 0 Å². The molecule has 4 rings (SSSR count). The second-order valence-electron chi connectivity index (χ2n) is 7.60. The smallest absolute Gasteiger partial charge is 0.230 e. The number of hydrogen-bond acceptors (Lipinski definition) is 4. The molecule has 0 aromatic heterocycles. The third-order valence-electron chi connectivity index (χ3n) is 5.51. The van der Waals surface area contributed by atoms with Crippen LogP contribution >= 0.6 is 11.8 Å². The van der Waals surface area contributed by atoms with Crippen molar-refractivity contribution in [2.75, 3.05) is 43.4 Å². The van der Waals surface area contributed by atoms with Crippen molar-refractivity contribution in [3.63, 3.8) is 0 Å². The first-order valence-corrected chi connectivity index (χ1v) is 11.6. The lowest BCUT2D eigenvalue weighted by molar-refractivity contribution is -0.131. The van der Waals surface area contributed by atoms with Crippen molar-refractivity contribution in [2.45, 2.75) is 11.3 Å². The van der Waals surface area contributed by atoms with Crippen LogP contribution in [-0.2, 0) is 9.59 Å². The Morgan fingerprint density at radius 1 is 0.839 bits per heavy atom. The number of amides is 2. The molecule has 1 saturated heterocycles. The molecule has 0 spiro atoms. The maximum atomic E-state index is 12.5. The number of benzene rings is 3. The van der Waals surface area contributed by atoms with E-state index in [-0.39, 0.29) is 11.8 Å². The quantitative estimate of drug-likeness (QED) is 0.576. The summed E-state index contributed by atoms with van der Waals surface area (Å²) in [6, 6.07) is 24.7. The summed E-state index contributed by atoms with van der Waals surface area (Å²) >= 11 is 1.52. The minimum Gasteiger partial charge on any atom is -0.368 e. The van der Waals surface area contributed by atoms with E-state index in [9.17, 15) is 9.59 Å². The number of nitrogens with zero attached hydrogens (tertiary/aromatic N) is 2. The number of fused-ring (bicyclic) bond motifs is 1. The Kier molecular flexibility index (Phi) is 7.10. The predicted octanol–water partition coefficient (Wildman–Crippen LogP) is 3.79. The number of hydrogen-bond donors (Lipinski definition) is 1. The number of rotatable bonds is 7. The molecule has 0 bridgehead atoms. The van der Waals surface area contributed by atoms with Crippen LogP contribution in [0.3, 0.4) is 0 Å². The van der Waals surface area contributed by atoms with Gasteiger partial charge in [-0.2, -0.15) is 0 Å². The molecular weight excluding hydrogens is 406 g/mol. The van der Waals surface area contributed by atoms with E-state index < -0.39 is 0 Å². The lowest BCUT2D eigenvalue weighted by atomic mass is 10.1. The Hall–Kier alpha value is -2.99. The van der Waals surface area contributed by atoms with E-state index in [4.69, 9.17) is 0 Å². The molecule has 1 N–H and O–H groups in total. The topological polar surface area (TPSA) is 52.7 Å². The maximum absolute atomic E-state index is 12.5. The van der Waals surface area contributed by atoms with Gasteiger partial charge in [-0.15, -0.1) is 11.8 Å². The van der Waals surface area contributed by atoms with Crippen LogP contribution in [0, 0.1) is 0 Å². The van der Waals surface area contributed by atoms with Gasteiger partial charge in [-0.1, -0.05) is 48.5 Å². The lowest BCUT2D eigenvalue weighted by Gasteiger charge is -2.36. The van der Waals surface area contributed by atoms with Crippen LogP contribution in [-0.4, -0.2) is 55.2 Å². The maximum Gasteiger partial charge on any atom is 0.230 e. The Morgan fingerprint density at radius 3 is 2.32 bits per heavy atom. The zero-order valence-electron chi connectivity index (χ0n) is 17.5. The van der Waals surface area contributed by atoms with E-state index in [1.807, 2.05) is 41.3 Å². The number of carbonyl (C=O) groups is 2. The molecule has 0 atom stereocenters. The molecule has 5 nitrogen and oxygen atoms in total. The monoisotopic (exact) mass is 433 g/mol. The van der Waals surface area contributed by atoms with E-state index >= 15 is 0 Å². The number of nitrogens with one attached hydrogen (secondary N) is 1. The molecule has 1 heterocycles. The van der Waals surface area contributed by atoms with E-state index in [1.54, 1.807) is 0 Å². The van der Waals surface area contributed by atoms with Crippen LogP contribution in [0.2, 0.25) is 0 Å². The summed E-state index contributed by atoms with van der Waals surface area (Å²) in [6.45, 7) is 3.50. The number of anilines is 1. The van der Waals surface area contributed by atoms with Gasteiger partial charge in [0.1, 0.15) is 0 Å². The third kappa shape index (κ3) is 5.79. The molecule has 0 unspecified atom stereocenters. The molecule has 1 aliphatic heterocycles. The highest BCUT2D eigenvalue weighted by Gasteiger charge is 2.21. The second-order valence-corrected chi connectivity index (χ2v) is 8.65. The molecule has 160 valence electrons. The number of para-hydroxylation sites is 1. The van der Waals surface area contributed by atoms with E-state index in [2.05, 4.69) is 46.6 Å². The molecule has 3 aromatic carbocycles. The van der Waals surface area contributed by atoms with Crippen molar-refractivity contribution >= 4 is 40.0 Å². The first-order valence-electron chi connectivity index (χ1n) is 10.6. The Bertz CT molecular complexity index is 1030. The molecule has 31 heavy (non-hydrogen) atoms. The van der Waals surface area contributed by atoms with E-state index in [1.165, 1.54) is 28.2 Å². The highest BCUT2D eigenvalue weighted by atomic mass is 32.2. The molecule has 3 aromatic rings. The van der Waals surface area contributed by atoms with Crippen molar-refractivity contribution in [3.8, 4) is 0 Å². The third-order valence-corrected chi connectivity index (χ3v) is 6.50. The predicted molar refractivity (Wildman–Crippen MR) is 128 cm³/mol. The van der Waals surface area contributed by atoms with Gasteiger partial charge >= 0.3 is 0 Å². The second kappa shape index (κ2) is 10.4. The Balaban J connectivity index is 1.15. The van der Waals surface area contributed by atoms with Crippen molar-refractivity contribution in [1.29, 1.82) is 0 Å². The van der Waals surface area contributed by atoms with Gasteiger partial charge in [-0.3, -0.25) is 9.59 Å². The first-order chi connectivity index (χ1) is 15.2. The zero-order valence-corrected chi connectivity index (χ0v) is 18.3. The fourth-order valence-corrected chi connectivity index (χ4v) is 4.55. The molecule has 0 saturated carbocycles. The van der Waals surface area contributed by atoms with Gasteiger partial charge in [0.25, 0.3) is 0 Å². The SMILES string of the molecule is O=C(CSc1ccc2ccccc2c1)NCCC(=O)N1CCN(c2ccccc2)CC1. The van der Waals surface area contributed by atoms with Crippen molar-refractivity contribution < 1.29 is 9.59 Å². The van der Waals surface area contributed by atoms with Crippen LogP contribution < -0.4 is 10.2 Å². The minimum atomic E-state index is -0.0418. The highest BCUT2D eigenvalue weighted by Crippen LogP contribution is 2.23. The van der Waals surface area contributed by atoms with Crippen molar-refractivity contribution in [1.82, 2.24) is 10.2 Å². The average Bonchev–Trinajstić information content (AvgIpc) is 2.83. The van der Waals surface area contributed by atoms with Crippen LogP contribution in [0.1, 0.15) is 6.42 Å². The molecule has 2 amide bonds. The van der Waals surface area contributed by atoms with E-state index in [0.717, 1.165) is 31.1 Å². The molecule has 0 aliphatic carbocycles. The Labute approximate surface area is 187 Å². The minimum absolute atomic E-state index is 0.0418. The molecule has 6 heteroatoms. The van der Waals surface area contributed by atoms with Crippen LogP contribution in [0.5, 0.6) is 0 Å². The highest BCUT2D eigenvalue weighted by molar-refractivity contribution is 8.00. The lowest BCUT2D eigenvalue weighted by Crippen LogP contribution is -2.49. The summed E-state index contributed by atoms with van der Waals surface area (Å²) in [5, 5.41) is 5.24. The fourth-order valence-electron chi connectivity index (χ4n) is 3.78. The van der Waals surface area contributed by atoms with E-state index in [0.29, 0.717) is 18.7 Å². The molecule has 0 radical (unpaired) electrons. The van der Waals surface area contributed by atoms with Gasteiger partial charge in [0.05, 0.1) is 5.75 Å². The molecular formula is C25H27N3O2S. The summed E-state index contributed by atoms with van der Waals surface area (Å²) in [5.74, 6) is 0.414. The van der Waals surface area contributed by atoms with Gasteiger partial charge in [0.15, 0.2) is 0 Å². The van der Waals surface area contributed by atoms with Gasteiger partial charge in [-0.25, -0.2) is 0 Å². The van der Waals surface area contributed by atoms with Crippen LogP contribution in [0.15, 0.2) is 77.7 Å². The average molecular weight is 434 g/mol. The van der Waals surface area contributed by atoms with Crippen LogP contribution in [0.4, 0.5) is 5.69 Å². The van der Waals surface area contributed by atoms with Gasteiger partial charge in [0, 0.05) is 49.7 Å². The first kappa shape index (κ1) is 21.2. The zero-order chi connectivity index (χ0) is 21.5. The summed E-state index contributed by atoms with van der Waals surface area (Å²) in [7, 11) is 0. The Morgan fingerprint density at radius 2 is 1.55 bits per heavy atom. The summed E-state index contributed by atoms with van der Waals surface area (Å²) in [4.78, 5) is 29.9. The normalized spacial score (nSPS) is 13.9. The van der Waals surface area contributed by atoms with Crippen molar-refractivity contribution in [3.05, 3.63) is 72.8 Å². The number of carbonyl (C=O) groups excluding carboxylic acids is 2. The largest absolute Gasteiger partial charge is 0.368 e. The molecule has 1 fully saturated rings.